The molecule has 7 nitrogen and oxygen atoms in total. The average molecular weight is 310 g/mol. The number of nitrogens with zero attached hydrogens (tertiary/aromatic N) is 2. The Bertz CT molecular complexity index is 990. The maximum Gasteiger partial charge on any atom is 0.316 e. The van der Waals surface area contributed by atoms with Crippen LogP contribution in [0.25, 0.3) is 11.0 Å². The van der Waals surface area contributed by atoms with Crippen LogP contribution in [0.3, 0.4) is 0 Å². The van der Waals surface area contributed by atoms with Gasteiger partial charge in [-0.2, -0.15) is 0 Å². The second-order valence-electron chi connectivity index (χ2n) is 4.93. The maximum absolute atomic E-state index is 12.3. The summed E-state index contributed by atoms with van der Waals surface area (Å²) >= 11 is 0. The predicted octanol–water partition coefficient (Wildman–Crippen LogP) is 1.36. The summed E-state index contributed by atoms with van der Waals surface area (Å²) < 4.78 is 1.37. The van der Waals surface area contributed by atoms with Gasteiger partial charge in [0.15, 0.2) is 0 Å². The number of hydrogen-bond donors (Lipinski definition) is 2. The fraction of sp³-hybridized carbons (Fsp3) is 0.125. The molecule has 1 aromatic carbocycles. The van der Waals surface area contributed by atoms with Crippen molar-refractivity contribution in [1.29, 1.82) is 0 Å². The predicted molar refractivity (Wildman–Crippen MR) is 86.7 cm³/mol. The number of nitrogens with one attached hydrogen (secondary N) is 2. The summed E-state index contributed by atoms with van der Waals surface area (Å²) in [6, 6.07) is 8.17. The highest BCUT2D eigenvalue weighted by Gasteiger charge is 2.10. The summed E-state index contributed by atoms with van der Waals surface area (Å²) in [4.78, 5) is 42.2. The number of H-pyrrole nitrogens is 1. The van der Waals surface area contributed by atoms with E-state index in [9.17, 15) is 14.4 Å². The largest absolute Gasteiger partial charge is 0.322 e. The molecule has 7 heteroatoms. The van der Waals surface area contributed by atoms with Crippen LogP contribution in [0.15, 0.2) is 52.3 Å². The number of carbonyl (C=O) groups is 1. The lowest BCUT2D eigenvalue weighted by atomic mass is 10.1. The van der Waals surface area contributed by atoms with E-state index in [2.05, 4.69) is 15.3 Å². The zero-order valence-corrected chi connectivity index (χ0v) is 12.4. The van der Waals surface area contributed by atoms with Crippen LogP contribution in [0.4, 0.5) is 5.69 Å². The van der Waals surface area contributed by atoms with Crippen LogP contribution in [0, 0.1) is 0 Å². The van der Waals surface area contributed by atoms with E-state index < -0.39 is 11.1 Å². The minimum atomic E-state index is -0.703. The van der Waals surface area contributed by atoms with Crippen LogP contribution < -0.4 is 16.4 Å². The Morgan fingerprint density at radius 1 is 1.22 bits per heavy atom. The molecule has 116 valence electrons. The molecule has 0 aliphatic carbocycles. The zero-order valence-electron chi connectivity index (χ0n) is 12.4. The summed E-state index contributed by atoms with van der Waals surface area (Å²) in [5.41, 5.74) is 0.722. The van der Waals surface area contributed by atoms with Gasteiger partial charge < -0.3 is 14.9 Å². The van der Waals surface area contributed by atoms with Gasteiger partial charge in [-0.1, -0.05) is 0 Å². The lowest BCUT2D eigenvalue weighted by Crippen LogP contribution is -2.36. The molecule has 3 rings (SSSR count). The molecule has 0 aliphatic heterocycles. The van der Waals surface area contributed by atoms with Crippen molar-refractivity contribution in [2.45, 2.75) is 13.5 Å². The number of anilines is 1. The average Bonchev–Trinajstić information content (AvgIpc) is 2.56. The van der Waals surface area contributed by atoms with Gasteiger partial charge in [0.1, 0.15) is 0 Å². The first-order valence-corrected chi connectivity index (χ1v) is 7.08. The van der Waals surface area contributed by atoms with Gasteiger partial charge in [-0.15, -0.1) is 0 Å². The van der Waals surface area contributed by atoms with Crippen molar-refractivity contribution in [2.24, 2.45) is 0 Å². The maximum atomic E-state index is 12.3. The summed E-state index contributed by atoms with van der Waals surface area (Å²) in [6.45, 7) is 2.16. The van der Waals surface area contributed by atoms with E-state index in [1.807, 2.05) is 0 Å². The van der Waals surface area contributed by atoms with E-state index >= 15 is 0 Å². The van der Waals surface area contributed by atoms with Gasteiger partial charge in [-0.3, -0.25) is 19.4 Å². The van der Waals surface area contributed by atoms with Crippen LogP contribution in [0.1, 0.15) is 17.3 Å². The Morgan fingerprint density at radius 2 is 1.96 bits per heavy atom. The van der Waals surface area contributed by atoms with E-state index in [4.69, 9.17) is 0 Å². The highest BCUT2D eigenvalue weighted by Crippen LogP contribution is 2.13. The number of aromatic amines is 1. The number of amides is 1. The molecule has 0 atom stereocenters. The Morgan fingerprint density at radius 3 is 2.65 bits per heavy atom. The van der Waals surface area contributed by atoms with Crippen molar-refractivity contribution in [1.82, 2.24) is 14.5 Å². The number of hydrogen-bond acceptors (Lipinski definition) is 4. The van der Waals surface area contributed by atoms with Crippen LogP contribution in [0.2, 0.25) is 0 Å². The molecule has 1 amide bonds. The lowest BCUT2D eigenvalue weighted by molar-refractivity contribution is 0.102. The van der Waals surface area contributed by atoms with Crippen LogP contribution >= 0.6 is 0 Å². The van der Waals surface area contributed by atoms with Crippen LogP contribution in [0.5, 0.6) is 0 Å². The van der Waals surface area contributed by atoms with Crippen molar-refractivity contribution in [2.75, 3.05) is 5.32 Å². The molecule has 0 aliphatic rings. The highest BCUT2D eigenvalue weighted by atomic mass is 16.2. The SMILES string of the molecule is CCn1c(=O)c(=O)[nH]c2cc(C(=O)Nc3ccncc3)ccc21. The van der Waals surface area contributed by atoms with Gasteiger partial charge in [0.05, 0.1) is 11.0 Å². The number of rotatable bonds is 3. The minimum Gasteiger partial charge on any atom is -0.322 e. The van der Waals surface area contributed by atoms with Crippen molar-refractivity contribution in [3.05, 3.63) is 69.0 Å². The topological polar surface area (TPSA) is 96.9 Å². The summed E-state index contributed by atoms with van der Waals surface area (Å²) in [6.07, 6.45) is 3.15. The molecule has 23 heavy (non-hydrogen) atoms. The van der Waals surface area contributed by atoms with Gasteiger partial charge in [0, 0.05) is 30.2 Å². The van der Waals surface area contributed by atoms with Crippen molar-refractivity contribution in [3.63, 3.8) is 0 Å². The smallest absolute Gasteiger partial charge is 0.316 e. The minimum absolute atomic E-state index is 0.312. The van der Waals surface area contributed by atoms with E-state index in [1.54, 1.807) is 49.6 Å². The molecule has 0 spiro atoms. The Balaban J connectivity index is 2.03. The van der Waals surface area contributed by atoms with Crippen molar-refractivity contribution in [3.8, 4) is 0 Å². The van der Waals surface area contributed by atoms with E-state index in [0.717, 1.165) is 0 Å². The van der Waals surface area contributed by atoms with Gasteiger partial charge in [-0.25, -0.2) is 0 Å². The molecule has 0 saturated carbocycles. The van der Waals surface area contributed by atoms with E-state index in [1.165, 1.54) is 4.57 Å². The number of fused-ring (bicyclic) bond motifs is 1. The molecule has 0 bridgehead atoms. The number of benzene rings is 1. The normalized spacial score (nSPS) is 10.7. The molecule has 0 fully saturated rings. The van der Waals surface area contributed by atoms with Gasteiger partial charge in [0.2, 0.25) is 0 Å². The second-order valence-corrected chi connectivity index (χ2v) is 4.93. The van der Waals surface area contributed by atoms with Crippen LogP contribution in [-0.2, 0) is 6.54 Å². The fourth-order valence-corrected chi connectivity index (χ4v) is 2.37. The first kappa shape index (κ1) is 14.7. The van der Waals surface area contributed by atoms with Gasteiger partial charge >= 0.3 is 11.1 Å². The van der Waals surface area contributed by atoms with Crippen molar-refractivity contribution >= 4 is 22.6 Å². The quantitative estimate of drug-likeness (QED) is 0.714. The highest BCUT2D eigenvalue weighted by molar-refractivity contribution is 6.05. The van der Waals surface area contributed by atoms with Gasteiger partial charge in [0.25, 0.3) is 5.91 Å². The Kier molecular flexibility index (Phi) is 3.76. The van der Waals surface area contributed by atoms with Crippen molar-refractivity contribution < 1.29 is 4.79 Å². The van der Waals surface area contributed by atoms with E-state index in [0.29, 0.717) is 28.8 Å². The monoisotopic (exact) mass is 310 g/mol. The van der Waals surface area contributed by atoms with Crippen LogP contribution in [-0.4, -0.2) is 20.4 Å². The second kappa shape index (κ2) is 5.88. The third-order valence-electron chi connectivity index (χ3n) is 3.49. The summed E-state index contributed by atoms with van der Waals surface area (Å²) in [5, 5.41) is 2.74. The first-order chi connectivity index (χ1) is 11.1. The van der Waals surface area contributed by atoms with Gasteiger partial charge in [-0.05, 0) is 37.3 Å². The first-order valence-electron chi connectivity index (χ1n) is 7.08. The molecule has 3 aromatic rings. The molecule has 0 saturated heterocycles. The molecular formula is C16H14N4O3. The Labute approximate surface area is 130 Å². The Hall–Kier alpha value is -3.22. The molecule has 2 aromatic heterocycles. The van der Waals surface area contributed by atoms with E-state index in [-0.39, 0.29) is 5.91 Å². The number of aromatic nitrogens is 3. The summed E-state index contributed by atoms with van der Waals surface area (Å²) in [7, 11) is 0. The third-order valence-corrected chi connectivity index (χ3v) is 3.49. The third kappa shape index (κ3) is 2.76. The molecular weight excluding hydrogens is 296 g/mol. The standard InChI is InChI=1S/C16H14N4O3/c1-2-20-13-4-3-10(9-12(13)19-15(22)16(20)23)14(21)18-11-5-7-17-8-6-11/h3-9H,2H2,1H3,(H,19,22)(H,17,18,21). The number of pyridine rings is 1. The zero-order chi connectivity index (χ0) is 16.4. The molecule has 0 unspecified atom stereocenters. The molecule has 2 N–H and O–H groups in total. The number of aryl methyl sites for hydroxylation is 1. The molecule has 2 heterocycles. The fourth-order valence-electron chi connectivity index (χ4n) is 2.37. The number of carbonyl (C=O) groups excluding carboxylic acids is 1. The molecule has 0 radical (unpaired) electrons. The summed E-state index contributed by atoms with van der Waals surface area (Å²) in [5.74, 6) is -0.312. The lowest BCUT2D eigenvalue weighted by Gasteiger charge is -2.09.